The van der Waals surface area contributed by atoms with E-state index in [4.69, 9.17) is 16.5 Å². The first-order valence-electron chi connectivity index (χ1n) is 23.7. The second-order valence-electron chi connectivity index (χ2n) is 17.7. The van der Waals surface area contributed by atoms with Crippen LogP contribution in [0.1, 0.15) is 5.56 Å². The second kappa shape index (κ2) is 17.0. The molecule has 0 bridgehead atoms. The van der Waals surface area contributed by atoms with E-state index >= 15 is 0 Å². The van der Waals surface area contributed by atoms with Crippen molar-refractivity contribution in [1.82, 2.24) is 24.1 Å². The highest BCUT2D eigenvalue weighted by molar-refractivity contribution is 6.33. The molecule has 6 heteroatoms. The van der Waals surface area contributed by atoms with Crippen molar-refractivity contribution in [3.8, 4) is 56.4 Å². The first-order chi connectivity index (χ1) is 34.7. The summed E-state index contributed by atoms with van der Waals surface area (Å²) >= 11 is 0. The largest absolute Gasteiger partial charge is 0.336 e. The molecule has 0 N–H and O–H groups in total. The molecular weight excluding hydrogens is 853 g/mol. The summed E-state index contributed by atoms with van der Waals surface area (Å²) in [6.45, 7) is 5.51. The van der Waals surface area contributed by atoms with Crippen molar-refractivity contribution in [3.63, 3.8) is 0 Å². The van der Waals surface area contributed by atoms with Gasteiger partial charge in [-0.15, -0.1) is 0 Å². The highest BCUT2D eigenvalue weighted by Crippen LogP contribution is 2.52. The van der Waals surface area contributed by atoms with Gasteiger partial charge in [0.2, 0.25) is 0 Å². The van der Waals surface area contributed by atoms with Crippen molar-refractivity contribution >= 4 is 60.6 Å². The summed E-state index contributed by atoms with van der Waals surface area (Å²) in [6.07, 6.45) is 12.4. The van der Waals surface area contributed by atoms with E-state index in [2.05, 4.69) is 225 Å². The normalized spacial score (nSPS) is 13.6. The highest BCUT2D eigenvalue weighted by Gasteiger charge is 2.31. The summed E-state index contributed by atoms with van der Waals surface area (Å²) in [7, 11) is 0. The number of anilines is 2. The molecule has 0 atom stereocenters. The molecule has 0 saturated carbocycles. The SMILES string of the molecule is C=C1/C=C\C=C/CN(c2ccc(-c3cc(-c4ccc(-c5cccnc5)cc4)nc(-c4ccccc4)n3)cc2)c2c1c1c(c3ccccc3n1-c1ccccc1)c1c2c2ccccc2n1-c1ccccc1. The highest BCUT2D eigenvalue weighted by atomic mass is 15.1. The Hall–Kier alpha value is -9.39. The Labute approximate surface area is 405 Å². The van der Waals surface area contributed by atoms with Crippen molar-refractivity contribution in [1.29, 1.82) is 0 Å². The lowest BCUT2D eigenvalue weighted by Crippen LogP contribution is -2.19. The van der Waals surface area contributed by atoms with E-state index in [-0.39, 0.29) is 0 Å². The number of nitrogens with zero attached hydrogens (tertiary/aromatic N) is 6. The number of pyridine rings is 1. The Bertz CT molecular complexity index is 4000. The third-order valence-corrected chi connectivity index (χ3v) is 13.6. The minimum absolute atomic E-state index is 0.617. The van der Waals surface area contributed by atoms with Crippen LogP contribution in [0.4, 0.5) is 11.4 Å². The van der Waals surface area contributed by atoms with E-state index in [9.17, 15) is 0 Å². The lowest BCUT2D eigenvalue weighted by molar-refractivity contribution is 1.10. The lowest BCUT2D eigenvalue weighted by atomic mass is 9.94. The predicted molar refractivity (Wildman–Crippen MR) is 291 cm³/mol. The molecule has 12 aromatic rings. The molecule has 4 aromatic heterocycles. The number of rotatable bonds is 7. The molecule has 0 unspecified atom stereocenters. The minimum atomic E-state index is 0.617. The molecule has 8 aromatic carbocycles. The second-order valence-corrected chi connectivity index (χ2v) is 17.7. The fourth-order valence-electron chi connectivity index (χ4n) is 10.4. The number of para-hydroxylation sites is 4. The molecule has 0 aliphatic carbocycles. The topological polar surface area (TPSA) is 51.8 Å². The molecule has 70 heavy (non-hydrogen) atoms. The number of aromatic nitrogens is 5. The fraction of sp³-hybridized carbons (Fsp3) is 0.0156. The van der Waals surface area contributed by atoms with E-state index in [0.717, 1.165) is 95.2 Å². The van der Waals surface area contributed by atoms with Crippen LogP contribution in [0.3, 0.4) is 0 Å². The number of allylic oxidation sites excluding steroid dienone is 4. The quantitative estimate of drug-likeness (QED) is 0.160. The molecule has 0 saturated heterocycles. The molecular formula is C64H44N6. The van der Waals surface area contributed by atoms with Crippen LogP contribution in [0.2, 0.25) is 0 Å². The number of hydrogen-bond acceptors (Lipinski definition) is 4. The van der Waals surface area contributed by atoms with Crippen LogP contribution in [0.5, 0.6) is 0 Å². The van der Waals surface area contributed by atoms with Crippen LogP contribution in [-0.4, -0.2) is 30.6 Å². The molecule has 0 spiro atoms. The van der Waals surface area contributed by atoms with Gasteiger partial charge < -0.3 is 14.0 Å². The molecule has 1 aliphatic heterocycles. The molecule has 0 radical (unpaired) electrons. The Morgan fingerprint density at radius 2 is 0.986 bits per heavy atom. The van der Waals surface area contributed by atoms with Gasteiger partial charge in [-0.2, -0.15) is 0 Å². The maximum absolute atomic E-state index is 5.22. The van der Waals surface area contributed by atoms with Gasteiger partial charge in [-0.3, -0.25) is 4.98 Å². The smallest absolute Gasteiger partial charge is 0.160 e. The third-order valence-electron chi connectivity index (χ3n) is 13.6. The molecule has 1 aliphatic rings. The monoisotopic (exact) mass is 896 g/mol. The van der Waals surface area contributed by atoms with Crippen LogP contribution in [0.15, 0.2) is 250 Å². The zero-order valence-corrected chi connectivity index (χ0v) is 38.2. The van der Waals surface area contributed by atoms with E-state index in [0.29, 0.717) is 12.4 Å². The Balaban J connectivity index is 1.05. The maximum Gasteiger partial charge on any atom is 0.160 e. The van der Waals surface area contributed by atoms with Gasteiger partial charge in [-0.05, 0) is 77.4 Å². The van der Waals surface area contributed by atoms with E-state index in [1.54, 1.807) is 6.20 Å². The van der Waals surface area contributed by atoms with Crippen molar-refractivity contribution in [3.05, 3.63) is 255 Å². The average Bonchev–Trinajstić information content (AvgIpc) is 3.98. The van der Waals surface area contributed by atoms with Crippen LogP contribution in [0, 0.1) is 0 Å². The van der Waals surface area contributed by atoms with Gasteiger partial charge in [0.05, 0.1) is 39.1 Å². The van der Waals surface area contributed by atoms with Crippen LogP contribution in [-0.2, 0) is 0 Å². The van der Waals surface area contributed by atoms with Gasteiger partial charge in [0.25, 0.3) is 0 Å². The zero-order chi connectivity index (χ0) is 46.5. The fourth-order valence-corrected chi connectivity index (χ4v) is 10.4. The maximum atomic E-state index is 5.22. The number of fused-ring (bicyclic) bond motifs is 10. The zero-order valence-electron chi connectivity index (χ0n) is 38.2. The van der Waals surface area contributed by atoms with Crippen LogP contribution in [0.25, 0.3) is 106 Å². The summed E-state index contributed by atoms with van der Waals surface area (Å²) in [5.74, 6) is 0.675. The molecule has 6 nitrogen and oxygen atoms in total. The first-order valence-corrected chi connectivity index (χ1v) is 23.7. The number of hydrogen-bond donors (Lipinski definition) is 0. The lowest BCUT2D eigenvalue weighted by Gasteiger charge is -2.29. The molecule has 0 fully saturated rings. The van der Waals surface area contributed by atoms with Crippen LogP contribution >= 0.6 is 0 Å². The van der Waals surface area contributed by atoms with E-state index < -0.39 is 0 Å². The van der Waals surface area contributed by atoms with Crippen molar-refractivity contribution in [2.45, 2.75) is 0 Å². The Kier molecular flexibility index (Phi) is 9.95. The third kappa shape index (κ3) is 6.84. The van der Waals surface area contributed by atoms with Gasteiger partial charge in [-0.25, -0.2) is 9.97 Å². The Morgan fingerprint density at radius 3 is 1.61 bits per heavy atom. The van der Waals surface area contributed by atoms with Crippen molar-refractivity contribution < 1.29 is 0 Å². The average molecular weight is 897 g/mol. The summed E-state index contributed by atoms with van der Waals surface area (Å²) in [5, 5.41) is 4.72. The van der Waals surface area contributed by atoms with Gasteiger partial charge in [-0.1, -0.05) is 176 Å². The summed E-state index contributed by atoms with van der Waals surface area (Å²) in [6, 6.07) is 73.0. The Morgan fingerprint density at radius 1 is 0.443 bits per heavy atom. The predicted octanol–water partition coefficient (Wildman–Crippen LogP) is 16.0. The van der Waals surface area contributed by atoms with Crippen molar-refractivity contribution in [2.75, 3.05) is 11.4 Å². The summed E-state index contributed by atoms with van der Waals surface area (Å²) < 4.78 is 4.92. The molecule has 0 amide bonds. The summed E-state index contributed by atoms with van der Waals surface area (Å²) in [5.41, 5.74) is 17.7. The van der Waals surface area contributed by atoms with Crippen molar-refractivity contribution in [2.24, 2.45) is 0 Å². The van der Waals surface area contributed by atoms with E-state index in [1.807, 2.05) is 30.5 Å². The summed E-state index contributed by atoms with van der Waals surface area (Å²) in [4.78, 5) is 17.2. The van der Waals surface area contributed by atoms with E-state index in [1.165, 1.54) is 21.5 Å². The number of benzene rings is 8. The van der Waals surface area contributed by atoms with Gasteiger partial charge >= 0.3 is 0 Å². The first kappa shape index (κ1) is 40.8. The molecule has 13 rings (SSSR count). The van der Waals surface area contributed by atoms with Gasteiger partial charge in [0.1, 0.15) is 0 Å². The van der Waals surface area contributed by atoms with Gasteiger partial charge in [0, 0.05) is 79.8 Å². The van der Waals surface area contributed by atoms with Gasteiger partial charge in [0.15, 0.2) is 5.82 Å². The standard InChI is InChI=1S/C64H44N6/c1-43-19-6-5-17-40-68(49-37-35-46(36-38-49)55-41-54(66-64(67-55)47-20-7-2-8-21-47)45-33-31-44(32-34-45)48-22-18-39-65-42-48)61-58(43)62-60(53-28-14-16-30-57(53)69(62)50-23-9-3-10-24-50)63-59(61)52-27-13-15-29-56(52)70(63)51-25-11-4-12-26-51/h2-39,41-42H,1,40H2/b17-5-,19-6-. The molecule has 5 heterocycles. The van der Waals surface area contributed by atoms with Crippen LogP contribution < -0.4 is 4.90 Å². The minimum Gasteiger partial charge on any atom is -0.336 e. The molecule has 330 valence electrons.